The molecule has 1 aliphatic rings. The summed E-state index contributed by atoms with van der Waals surface area (Å²) in [5.41, 5.74) is 8.33. The van der Waals surface area contributed by atoms with Gasteiger partial charge in [-0.05, 0) is 67.6 Å². The molecule has 41 heavy (non-hydrogen) atoms. The molecule has 0 radical (unpaired) electrons. The highest BCUT2D eigenvalue weighted by molar-refractivity contribution is 7.99. The van der Waals surface area contributed by atoms with Crippen molar-refractivity contribution < 1.29 is 0 Å². The molecule has 0 spiro atoms. The van der Waals surface area contributed by atoms with Crippen molar-refractivity contribution in [2.24, 2.45) is 5.92 Å². The van der Waals surface area contributed by atoms with E-state index in [1.165, 1.54) is 47.5 Å². The van der Waals surface area contributed by atoms with Crippen molar-refractivity contribution in [3.8, 4) is 0 Å². The largest absolute Gasteiger partial charge is 0.385 e. The van der Waals surface area contributed by atoms with Crippen LogP contribution in [0.2, 0.25) is 0 Å². The van der Waals surface area contributed by atoms with E-state index < -0.39 is 0 Å². The maximum absolute atomic E-state index is 4.40. The highest BCUT2D eigenvalue weighted by Crippen LogP contribution is 2.47. The van der Waals surface area contributed by atoms with Crippen LogP contribution < -0.4 is 15.5 Å². The van der Waals surface area contributed by atoms with Gasteiger partial charge in [-0.2, -0.15) is 11.8 Å². The number of benzene rings is 1. The zero-order valence-electron chi connectivity index (χ0n) is 27.2. The van der Waals surface area contributed by atoms with Crippen LogP contribution in [-0.4, -0.2) is 31.1 Å². The molecule has 0 aliphatic carbocycles. The van der Waals surface area contributed by atoms with Crippen LogP contribution in [0.4, 0.5) is 5.69 Å². The normalized spacial score (nSPS) is 15.4. The van der Waals surface area contributed by atoms with E-state index in [1.807, 2.05) is 0 Å². The van der Waals surface area contributed by atoms with E-state index in [2.05, 4.69) is 125 Å². The predicted molar refractivity (Wildman–Crippen MR) is 187 cm³/mol. The topological polar surface area (TPSA) is 27.3 Å². The van der Waals surface area contributed by atoms with Crippen LogP contribution in [0.25, 0.3) is 0 Å². The Morgan fingerprint density at radius 2 is 1.59 bits per heavy atom. The number of allylic oxidation sites excluding steroid dienone is 3. The van der Waals surface area contributed by atoms with Gasteiger partial charge in [0, 0.05) is 59.2 Å². The van der Waals surface area contributed by atoms with Crippen molar-refractivity contribution >= 4 is 17.4 Å². The van der Waals surface area contributed by atoms with Crippen molar-refractivity contribution in [2.45, 2.75) is 98.3 Å². The number of hydrogen-bond donors (Lipinski definition) is 2. The minimum Gasteiger partial charge on any atom is -0.385 e. The summed E-state index contributed by atoms with van der Waals surface area (Å²) >= 11 is 2.06. The van der Waals surface area contributed by atoms with Crippen LogP contribution >= 0.6 is 11.8 Å². The molecule has 1 aliphatic heterocycles. The third-order valence-electron chi connectivity index (χ3n) is 8.33. The number of rotatable bonds is 21. The van der Waals surface area contributed by atoms with Gasteiger partial charge < -0.3 is 15.5 Å². The number of para-hydroxylation sites is 1. The van der Waals surface area contributed by atoms with Gasteiger partial charge in [0.15, 0.2) is 0 Å². The monoisotopic (exact) mass is 577 g/mol. The van der Waals surface area contributed by atoms with Crippen molar-refractivity contribution in [1.82, 2.24) is 10.6 Å². The molecule has 228 valence electrons. The Balaban J connectivity index is 2.30. The van der Waals surface area contributed by atoms with Gasteiger partial charge in [-0.1, -0.05) is 104 Å². The fourth-order valence-corrected chi connectivity index (χ4v) is 6.71. The zero-order valence-corrected chi connectivity index (χ0v) is 28.0. The second kappa shape index (κ2) is 18.3. The lowest BCUT2D eigenvalue weighted by Crippen LogP contribution is -2.27. The summed E-state index contributed by atoms with van der Waals surface area (Å²) in [6.45, 7) is 29.6. The first kappa shape index (κ1) is 34.9. The number of thioether (sulfide) groups is 1. The third kappa shape index (κ3) is 10.5. The molecular formula is C37H59N3S. The first-order chi connectivity index (χ1) is 19.7. The molecule has 1 unspecified atom stereocenters. The first-order valence-electron chi connectivity index (χ1n) is 16.1. The van der Waals surface area contributed by atoms with Crippen molar-refractivity contribution in [2.75, 3.05) is 36.0 Å². The fourth-order valence-electron chi connectivity index (χ4n) is 5.37. The average molecular weight is 578 g/mol. The van der Waals surface area contributed by atoms with Gasteiger partial charge in [0.25, 0.3) is 0 Å². The molecule has 1 aromatic rings. The Hall–Kier alpha value is -2.33. The molecule has 1 aromatic carbocycles. The van der Waals surface area contributed by atoms with Gasteiger partial charge in [0.1, 0.15) is 0 Å². The summed E-state index contributed by atoms with van der Waals surface area (Å²) in [5, 5.41) is 7.09. The molecule has 0 saturated carbocycles. The molecule has 0 bridgehead atoms. The van der Waals surface area contributed by atoms with E-state index in [-0.39, 0.29) is 5.41 Å². The van der Waals surface area contributed by atoms with Crippen LogP contribution in [0.3, 0.4) is 0 Å². The van der Waals surface area contributed by atoms with Crippen LogP contribution in [0, 0.1) is 5.92 Å². The van der Waals surface area contributed by atoms with Gasteiger partial charge in [-0.25, -0.2) is 0 Å². The number of anilines is 1. The molecule has 1 heterocycles. The summed E-state index contributed by atoms with van der Waals surface area (Å²) in [6.07, 6.45) is 13.9. The lowest BCUT2D eigenvalue weighted by Gasteiger charge is -2.28. The Labute approximate surface area is 257 Å². The van der Waals surface area contributed by atoms with E-state index in [9.17, 15) is 0 Å². The summed E-state index contributed by atoms with van der Waals surface area (Å²) in [6, 6.07) is 8.95. The Morgan fingerprint density at radius 3 is 2.17 bits per heavy atom. The summed E-state index contributed by atoms with van der Waals surface area (Å²) in [4.78, 5) is 2.57. The molecule has 3 nitrogen and oxygen atoms in total. The smallest absolute Gasteiger partial charge is 0.0450 e. The predicted octanol–water partition coefficient (Wildman–Crippen LogP) is 9.91. The quantitative estimate of drug-likeness (QED) is 0.0864. The molecular weight excluding hydrogens is 518 g/mol. The molecule has 0 fully saturated rings. The molecule has 2 N–H and O–H groups in total. The van der Waals surface area contributed by atoms with E-state index in [0.29, 0.717) is 0 Å². The second-order valence-corrected chi connectivity index (χ2v) is 13.0. The van der Waals surface area contributed by atoms with Gasteiger partial charge in [-0.3, -0.25) is 0 Å². The van der Waals surface area contributed by atoms with E-state index in [1.54, 1.807) is 0 Å². The van der Waals surface area contributed by atoms with Crippen molar-refractivity contribution in [1.29, 1.82) is 0 Å². The van der Waals surface area contributed by atoms with E-state index >= 15 is 0 Å². The molecule has 0 amide bonds. The minimum atomic E-state index is -0.0767. The van der Waals surface area contributed by atoms with Crippen LogP contribution in [0.15, 0.2) is 84.4 Å². The van der Waals surface area contributed by atoms with Crippen molar-refractivity contribution in [3.63, 3.8) is 0 Å². The average Bonchev–Trinajstić information content (AvgIpc) is 3.18. The SMILES string of the molecule is C=C(CC)CSCC(CC)CCCN1/C(=C/C=C(C(=C)NCCCC)C(=C)NCCCC)C(C)(C)c2ccccc21. The highest BCUT2D eigenvalue weighted by Gasteiger charge is 2.39. The van der Waals surface area contributed by atoms with Crippen LogP contribution in [0.1, 0.15) is 98.5 Å². The highest BCUT2D eigenvalue weighted by atomic mass is 32.2. The lowest BCUT2D eigenvalue weighted by atomic mass is 9.83. The van der Waals surface area contributed by atoms with Gasteiger partial charge in [0.2, 0.25) is 0 Å². The van der Waals surface area contributed by atoms with E-state index in [0.717, 1.165) is 80.4 Å². The molecule has 4 heteroatoms. The number of nitrogens with zero attached hydrogens (tertiary/aromatic N) is 1. The zero-order chi connectivity index (χ0) is 30.3. The fraction of sp³-hybridized carbons (Fsp3) is 0.568. The molecule has 0 saturated heterocycles. The Kier molecular flexibility index (Phi) is 15.5. The van der Waals surface area contributed by atoms with Crippen LogP contribution in [-0.2, 0) is 5.41 Å². The van der Waals surface area contributed by atoms with Gasteiger partial charge >= 0.3 is 0 Å². The van der Waals surface area contributed by atoms with Crippen molar-refractivity contribution in [3.05, 3.63) is 90.0 Å². The number of hydrogen-bond acceptors (Lipinski definition) is 4. The number of unbranched alkanes of at least 4 members (excludes halogenated alkanes) is 2. The standard InChI is InChI=1S/C37H59N3S/c1-10-14-24-38-30(6)33(31(7)39-25-15-11-2)22-23-36-37(8,9)34-20-16-17-21-35(34)40(36)26-18-19-32(13-4)28-41-27-29(5)12-3/h16-17,20-23,32,38-39H,5-7,10-15,18-19,24-28H2,1-4,8-9H3/b36-23+. The maximum atomic E-state index is 4.40. The lowest BCUT2D eigenvalue weighted by molar-refractivity contribution is 0.502. The van der Waals surface area contributed by atoms with Gasteiger partial charge in [0.05, 0.1) is 0 Å². The first-order valence-corrected chi connectivity index (χ1v) is 17.3. The summed E-state index contributed by atoms with van der Waals surface area (Å²) in [5.74, 6) is 3.08. The second-order valence-electron chi connectivity index (χ2n) is 12.0. The molecule has 1 atom stereocenters. The Morgan fingerprint density at radius 1 is 0.951 bits per heavy atom. The summed E-state index contributed by atoms with van der Waals surface area (Å²) in [7, 11) is 0. The maximum Gasteiger partial charge on any atom is 0.0450 e. The minimum absolute atomic E-state index is 0.0767. The van der Waals surface area contributed by atoms with Crippen LogP contribution in [0.5, 0.6) is 0 Å². The summed E-state index contributed by atoms with van der Waals surface area (Å²) < 4.78 is 0. The number of nitrogens with one attached hydrogen (secondary N) is 2. The molecule has 0 aromatic heterocycles. The van der Waals surface area contributed by atoms with E-state index in [4.69, 9.17) is 0 Å². The third-order valence-corrected chi connectivity index (χ3v) is 9.65. The Bertz CT molecular complexity index is 1020. The van der Waals surface area contributed by atoms with Gasteiger partial charge in [-0.15, -0.1) is 0 Å². The number of fused-ring (bicyclic) bond motifs is 1. The molecule has 2 rings (SSSR count).